The lowest BCUT2D eigenvalue weighted by atomic mass is 10.0. The van der Waals surface area contributed by atoms with E-state index < -0.39 is 29.3 Å². The fraction of sp³-hybridized carbons (Fsp3) is 0.227. The molecule has 0 unspecified atom stereocenters. The van der Waals surface area contributed by atoms with Crippen molar-refractivity contribution >= 4 is 28.8 Å². The minimum atomic E-state index is -0.658. The van der Waals surface area contributed by atoms with E-state index in [1.165, 1.54) is 34.7 Å². The van der Waals surface area contributed by atoms with Gasteiger partial charge < -0.3 is 24.3 Å². The Morgan fingerprint density at radius 3 is 2.70 bits per heavy atom. The first kappa shape index (κ1) is 22.2. The van der Waals surface area contributed by atoms with Gasteiger partial charge in [-0.05, 0) is 51.2 Å². The average molecular weight is 468 g/mol. The molecule has 0 fully saturated rings. The fourth-order valence-corrected chi connectivity index (χ4v) is 4.21. The van der Waals surface area contributed by atoms with Gasteiger partial charge in [0.2, 0.25) is 5.75 Å². The highest BCUT2D eigenvalue weighted by atomic mass is 32.1. The standard InChI is InChI=1S/C22H20N4O6S/c1-30-17-8-7-14(11-19(17)31-2)16-12-15(20-6-4-10-33-20)24-25(16)21(27)13-32-18-5-3-9-23-22(18)26(28)29/h3-11,16H,12-13H2,1-2H3/t16-/m1/s1. The molecule has 33 heavy (non-hydrogen) atoms. The summed E-state index contributed by atoms with van der Waals surface area (Å²) in [5, 5.41) is 19.0. The summed E-state index contributed by atoms with van der Waals surface area (Å²) in [6, 6.07) is 11.8. The molecular weight excluding hydrogens is 448 g/mol. The number of hydrazone groups is 1. The Morgan fingerprint density at radius 1 is 1.18 bits per heavy atom. The first-order valence-electron chi connectivity index (χ1n) is 9.89. The molecule has 0 N–H and O–H groups in total. The van der Waals surface area contributed by atoms with Crippen LogP contribution >= 0.6 is 11.3 Å². The maximum absolute atomic E-state index is 13.1. The van der Waals surface area contributed by atoms with Crippen molar-refractivity contribution in [1.29, 1.82) is 0 Å². The topological polar surface area (TPSA) is 116 Å². The zero-order chi connectivity index (χ0) is 23.4. The van der Waals surface area contributed by atoms with Crippen molar-refractivity contribution < 1.29 is 23.9 Å². The third-order valence-corrected chi connectivity index (χ3v) is 5.96. The summed E-state index contributed by atoms with van der Waals surface area (Å²) in [6.45, 7) is -0.433. The average Bonchev–Trinajstić information content (AvgIpc) is 3.52. The van der Waals surface area contributed by atoms with Crippen molar-refractivity contribution in [1.82, 2.24) is 9.99 Å². The number of ether oxygens (including phenoxy) is 3. The van der Waals surface area contributed by atoms with Crippen LogP contribution in [0.1, 0.15) is 22.9 Å². The molecule has 0 aliphatic carbocycles. The van der Waals surface area contributed by atoms with Gasteiger partial charge in [0, 0.05) is 6.42 Å². The number of thiophene rings is 1. The Balaban J connectivity index is 1.61. The van der Waals surface area contributed by atoms with Gasteiger partial charge in [0.25, 0.3) is 5.91 Å². The maximum Gasteiger partial charge on any atom is 0.406 e. The van der Waals surface area contributed by atoms with E-state index in [-0.39, 0.29) is 5.75 Å². The number of carbonyl (C=O) groups excluding carboxylic acids is 1. The first-order valence-corrected chi connectivity index (χ1v) is 10.8. The van der Waals surface area contributed by atoms with E-state index in [2.05, 4.69) is 10.1 Å². The van der Waals surface area contributed by atoms with E-state index >= 15 is 0 Å². The number of aromatic nitrogens is 1. The largest absolute Gasteiger partial charge is 0.493 e. The number of rotatable bonds is 8. The van der Waals surface area contributed by atoms with Crippen LogP contribution in [0.3, 0.4) is 0 Å². The number of benzene rings is 1. The lowest BCUT2D eigenvalue weighted by Crippen LogP contribution is -2.31. The Morgan fingerprint density at radius 2 is 2.00 bits per heavy atom. The number of carbonyl (C=O) groups is 1. The van der Waals surface area contributed by atoms with Crippen LogP contribution in [-0.2, 0) is 4.79 Å². The minimum absolute atomic E-state index is 0.0832. The van der Waals surface area contributed by atoms with Crippen LogP contribution in [0, 0.1) is 10.1 Å². The molecule has 1 atom stereocenters. The smallest absolute Gasteiger partial charge is 0.406 e. The third kappa shape index (κ3) is 4.62. The van der Waals surface area contributed by atoms with Gasteiger partial charge >= 0.3 is 5.82 Å². The molecule has 0 bridgehead atoms. The van der Waals surface area contributed by atoms with Crippen LogP contribution in [0.15, 0.2) is 59.1 Å². The number of nitrogens with zero attached hydrogens (tertiary/aromatic N) is 4. The van der Waals surface area contributed by atoms with E-state index in [1.54, 1.807) is 20.3 Å². The number of pyridine rings is 1. The van der Waals surface area contributed by atoms with E-state index in [0.29, 0.717) is 17.9 Å². The lowest BCUT2D eigenvalue weighted by Gasteiger charge is -2.23. The van der Waals surface area contributed by atoms with Gasteiger partial charge in [-0.15, -0.1) is 11.3 Å². The molecule has 2 aromatic heterocycles. The Hall–Kier alpha value is -3.99. The van der Waals surface area contributed by atoms with Crippen molar-refractivity contribution in [3.8, 4) is 17.2 Å². The molecule has 0 spiro atoms. The highest BCUT2D eigenvalue weighted by molar-refractivity contribution is 7.12. The molecule has 1 amide bonds. The highest BCUT2D eigenvalue weighted by Crippen LogP contribution is 2.38. The molecule has 4 rings (SSSR count). The molecule has 3 heterocycles. The molecule has 11 heteroatoms. The molecule has 1 aliphatic rings. The van der Waals surface area contributed by atoms with Crippen molar-refractivity contribution in [3.05, 3.63) is 74.6 Å². The molecule has 0 saturated carbocycles. The van der Waals surface area contributed by atoms with Crippen LogP contribution in [0.5, 0.6) is 17.2 Å². The zero-order valence-corrected chi connectivity index (χ0v) is 18.7. The van der Waals surface area contributed by atoms with Crippen LogP contribution in [-0.4, -0.2) is 47.4 Å². The molecule has 10 nitrogen and oxygen atoms in total. The minimum Gasteiger partial charge on any atom is -0.493 e. The van der Waals surface area contributed by atoms with Gasteiger partial charge in [0.15, 0.2) is 18.1 Å². The van der Waals surface area contributed by atoms with Gasteiger partial charge in [-0.1, -0.05) is 12.1 Å². The van der Waals surface area contributed by atoms with Gasteiger partial charge in [0.05, 0.1) is 30.9 Å². The van der Waals surface area contributed by atoms with Crippen molar-refractivity contribution in [2.75, 3.05) is 20.8 Å². The Bertz CT molecular complexity index is 1200. The number of nitro groups is 1. The second kappa shape index (κ2) is 9.65. The quantitative estimate of drug-likeness (QED) is 0.364. The van der Waals surface area contributed by atoms with Crippen LogP contribution in [0.4, 0.5) is 5.82 Å². The van der Waals surface area contributed by atoms with Gasteiger partial charge in [-0.25, -0.2) is 5.01 Å². The third-order valence-electron chi connectivity index (χ3n) is 5.04. The van der Waals surface area contributed by atoms with Crippen LogP contribution in [0.25, 0.3) is 0 Å². The molecule has 1 aromatic carbocycles. The van der Waals surface area contributed by atoms with Gasteiger partial charge in [-0.2, -0.15) is 5.10 Å². The van der Waals surface area contributed by atoms with E-state index in [4.69, 9.17) is 14.2 Å². The predicted octanol–water partition coefficient (Wildman–Crippen LogP) is 3.83. The highest BCUT2D eigenvalue weighted by Gasteiger charge is 2.34. The van der Waals surface area contributed by atoms with Crippen LogP contribution in [0.2, 0.25) is 0 Å². The van der Waals surface area contributed by atoms with Crippen molar-refractivity contribution in [2.45, 2.75) is 12.5 Å². The fourth-order valence-electron chi connectivity index (χ4n) is 3.49. The molecular formula is C22H20N4O6S. The van der Waals surface area contributed by atoms with Crippen molar-refractivity contribution in [2.24, 2.45) is 5.10 Å². The zero-order valence-electron chi connectivity index (χ0n) is 17.8. The first-order chi connectivity index (χ1) is 16.0. The summed E-state index contributed by atoms with van der Waals surface area (Å²) < 4.78 is 16.2. The molecule has 1 aliphatic heterocycles. The van der Waals surface area contributed by atoms with E-state index in [9.17, 15) is 14.9 Å². The van der Waals surface area contributed by atoms with E-state index in [1.807, 2.05) is 29.6 Å². The Labute approximate surface area is 193 Å². The Kier molecular flexibility index (Phi) is 6.50. The lowest BCUT2D eigenvalue weighted by molar-refractivity contribution is -0.390. The summed E-state index contributed by atoms with van der Waals surface area (Å²) in [5.41, 5.74) is 1.58. The summed E-state index contributed by atoms with van der Waals surface area (Å²) in [5.74, 6) is 0.128. The monoisotopic (exact) mass is 468 g/mol. The van der Waals surface area contributed by atoms with Crippen LogP contribution < -0.4 is 14.2 Å². The number of hydrogen-bond acceptors (Lipinski definition) is 9. The number of methoxy groups -OCH3 is 2. The summed E-state index contributed by atoms with van der Waals surface area (Å²) in [7, 11) is 3.09. The maximum atomic E-state index is 13.1. The molecule has 0 saturated heterocycles. The summed E-state index contributed by atoms with van der Waals surface area (Å²) in [4.78, 5) is 28.3. The SMILES string of the molecule is COc1ccc([C@H]2CC(c3cccs3)=NN2C(=O)COc2cccnc2[N+](=O)[O-])cc1OC. The molecule has 170 valence electrons. The summed E-state index contributed by atoms with van der Waals surface area (Å²) in [6.07, 6.45) is 1.78. The van der Waals surface area contributed by atoms with Gasteiger partial charge in [0.1, 0.15) is 6.20 Å². The van der Waals surface area contributed by atoms with Gasteiger partial charge in [-0.3, -0.25) is 4.79 Å². The summed E-state index contributed by atoms with van der Waals surface area (Å²) >= 11 is 1.53. The second-order valence-corrected chi connectivity index (χ2v) is 7.92. The predicted molar refractivity (Wildman–Crippen MR) is 121 cm³/mol. The molecule has 0 radical (unpaired) electrons. The normalized spacial score (nSPS) is 15.2. The van der Waals surface area contributed by atoms with Crippen molar-refractivity contribution in [3.63, 3.8) is 0 Å². The number of amides is 1. The van der Waals surface area contributed by atoms with E-state index in [0.717, 1.165) is 16.2 Å². The molecule has 3 aromatic rings. The second-order valence-electron chi connectivity index (χ2n) is 6.97. The number of hydrogen-bond donors (Lipinski definition) is 0.